The highest BCUT2D eigenvalue weighted by Crippen LogP contribution is 2.43. The molecule has 0 unspecified atom stereocenters. The van der Waals surface area contributed by atoms with Crippen molar-refractivity contribution in [1.82, 2.24) is 15.4 Å². The second kappa shape index (κ2) is 12.1. The van der Waals surface area contributed by atoms with E-state index in [-0.39, 0.29) is 24.2 Å². The molecule has 2 aliphatic rings. The lowest BCUT2D eigenvalue weighted by molar-refractivity contribution is -0.147. The molecule has 0 radical (unpaired) electrons. The number of carbonyl (C=O) groups is 3. The largest absolute Gasteiger partial charge is 0.330 e. The summed E-state index contributed by atoms with van der Waals surface area (Å²) in [5.41, 5.74) is 2.62. The molecule has 36 heavy (non-hydrogen) atoms. The van der Waals surface area contributed by atoms with E-state index in [1.807, 2.05) is 18.2 Å². The highest BCUT2D eigenvalue weighted by atomic mass is 16.5. The number of hydroxylamine groups is 1. The molecule has 8 heteroatoms. The molecule has 1 saturated heterocycles. The van der Waals surface area contributed by atoms with Gasteiger partial charge in [0.05, 0.1) is 5.41 Å². The molecule has 1 aliphatic carbocycles. The highest BCUT2D eigenvalue weighted by Gasteiger charge is 2.51. The molecule has 2 fully saturated rings. The van der Waals surface area contributed by atoms with Crippen LogP contribution < -0.4 is 10.8 Å². The average Bonchev–Trinajstić information content (AvgIpc) is 3.21. The summed E-state index contributed by atoms with van der Waals surface area (Å²) >= 11 is 0. The minimum Gasteiger partial charge on any atom is -0.330 e. The van der Waals surface area contributed by atoms with E-state index in [4.69, 9.17) is 0 Å². The predicted molar refractivity (Wildman–Crippen MR) is 136 cm³/mol. The van der Waals surface area contributed by atoms with Gasteiger partial charge < -0.3 is 10.2 Å². The van der Waals surface area contributed by atoms with E-state index in [2.05, 4.69) is 22.4 Å². The Balaban J connectivity index is 1.55. The second-order valence-electron chi connectivity index (χ2n) is 10.1. The number of carbonyl (C=O) groups excluding carboxylic acids is 3. The van der Waals surface area contributed by atoms with Crippen LogP contribution in [0.1, 0.15) is 63.4 Å². The number of likely N-dealkylation sites (tertiary alicyclic amines) is 1. The number of benzene rings is 1. The average molecular weight is 493 g/mol. The molecule has 3 amide bonds. The van der Waals surface area contributed by atoms with E-state index < -0.39 is 17.4 Å². The van der Waals surface area contributed by atoms with Crippen LogP contribution in [0.2, 0.25) is 0 Å². The standard InChI is InChI=1S/C28H36N4O4/c33-24(31-36)20-28(15-7-10-21-8-3-1-4-9-21)16-19-32(27(28)35)25(22-11-5-2-6-12-22)26(34)30-23-13-17-29-18-14-23/h1,3-4,8-9,13-14,17-18,22,25,36H,2,5-7,10-12,15-16,19-20H2,(H,31,33)(H,29,30,34)/t25-,28+/m1/s1. The Labute approximate surface area is 212 Å². The number of nitrogens with one attached hydrogen (secondary N) is 2. The van der Waals surface area contributed by atoms with Crippen molar-refractivity contribution >= 4 is 23.4 Å². The van der Waals surface area contributed by atoms with Crippen molar-refractivity contribution in [2.24, 2.45) is 11.3 Å². The molecule has 2 atom stereocenters. The van der Waals surface area contributed by atoms with Gasteiger partial charge in [-0.1, -0.05) is 49.6 Å². The number of nitrogens with zero attached hydrogens (tertiary/aromatic N) is 2. The van der Waals surface area contributed by atoms with Gasteiger partial charge in [-0.15, -0.1) is 0 Å². The fourth-order valence-electron chi connectivity index (χ4n) is 5.93. The monoisotopic (exact) mass is 492 g/mol. The SMILES string of the molecule is O=C(C[C@]1(CCCc2ccccc2)CCN([C@@H](C(=O)Nc2ccncc2)C2CCCCC2)C1=O)NO. The Kier molecular flexibility index (Phi) is 8.70. The van der Waals surface area contributed by atoms with Crippen molar-refractivity contribution in [2.45, 2.75) is 70.3 Å². The van der Waals surface area contributed by atoms with Crippen molar-refractivity contribution in [3.05, 3.63) is 60.4 Å². The fraction of sp³-hybridized carbons (Fsp3) is 0.500. The first-order valence-electron chi connectivity index (χ1n) is 13.0. The molecule has 2 heterocycles. The Bertz CT molecular complexity index is 1030. The summed E-state index contributed by atoms with van der Waals surface area (Å²) < 4.78 is 0. The van der Waals surface area contributed by atoms with Gasteiger partial charge in [0, 0.05) is 31.0 Å². The van der Waals surface area contributed by atoms with E-state index in [1.165, 1.54) is 5.56 Å². The van der Waals surface area contributed by atoms with Gasteiger partial charge in [-0.2, -0.15) is 0 Å². The van der Waals surface area contributed by atoms with Gasteiger partial charge in [-0.3, -0.25) is 24.6 Å². The molecule has 1 saturated carbocycles. The highest BCUT2D eigenvalue weighted by molar-refractivity contribution is 5.99. The Morgan fingerprint density at radius 2 is 1.81 bits per heavy atom. The zero-order valence-electron chi connectivity index (χ0n) is 20.7. The molecule has 0 bridgehead atoms. The molecule has 192 valence electrons. The van der Waals surface area contributed by atoms with Crippen LogP contribution >= 0.6 is 0 Å². The number of aryl methyl sites for hydroxylation is 1. The van der Waals surface area contributed by atoms with Gasteiger partial charge in [0.15, 0.2) is 0 Å². The van der Waals surface area contributed by atoms with Gasteiger partial charge in [-0.25, -0.2) is 5.48 Å². The van der Waals surface area contributed by atoms with Crippen LogP contribution in [0.3, 0.4) is 0 Å². The number of anilines is 1. The lowest BCUT2D eigenvalue weighted by atomic mass is 9.77. The number of hydrogen-bond donors (Lipinski definition) is 3. The van der Waals surface area contributed by atoms with Gasteiger partial charge in [-0.05, 0) is 62.1 Å². The van der Waals surface area contributed by atoms with E-state index in [9.17, 15) is 19.6 Å². The first-order valence-corrected chi connectivity index (χ1v) is 13.0. The van der Waals surface area contributed by atoms with Gasteiger partial charge in [0.25, 0.3) is 0 Å². The second-order valence-corrected chi connectivity index (χ2v) is 10.1. The van der Waals surface area contributed by atoms with Crippen LogP contribution in [-0.4, -0.2) is 45.4 Å². The van der Waals surface area contributed by atoms with Crippen molar-refractivity contribution in [3.8, 4) is 0 Å². The summed E-state index contributed by atoms with van der Waals surface area (Å²) in [6, 6.07) is 12.9. The maximum atomic E-state index is 14.0. The van der Waals surface area contributed by atoms with Crippen LogP contribution in [0.5, 0.6) is 0 Å². The van der Waals surface area contributed by atoms with E-state index in [0.717, 1.165) is 44.9 Å². The summed E-state index contributed by atoms with van der Waals surface area (Å²) in [5.74, 6) is -0.829. The summed E-state index contributed by atoms with van der Waals surface area (Å²) in [5, 5.41) is 12.2. The first kappa shape index (κ1) is 25.8. The van der Waals surface area contributed by atoms with Gasteiger partial charge >= 0.3 is 0 Å². The van der Waals surface area contributed by atoms with E-state index in [0.29, 0.717) is 25.1 Å². The quantitative estimate of drug-likeness (QED) is 0.341. The third-order valence-electron chi connectivity index (χ3n) is 7.78. The molecule has 3 N–H and O–H groups in total. The zero-order chi connectivity index (χ0) is 25.4. The van der Waals surface area contributed by atoms with Crippen LogP contribution in [0.25, 0.3) is 0 Å². The first-order chi connectivity index (χ1) is 17.5. The Morgan fingerprint density at radius 1 is 1.08 bits per heavy atom. The van der Waals surface area contributed by atoms with Crippen LogP contribution in [0.15, 0.2) is 54.9 Å². The smallest absolute Gasteiger partial charge is 0.247 e. The van der Waals surface area contributed by atoms with Gasteiger partial charge in [0.2, 0.25) is 17.7 Å². The summed E-state index contributed by atoms with van der Waals surface area (Å²) in [6.07, 6.45) is 10.7. The van der Waals surface area contributed by atoms with E-state index >= 15 is 0 Å². The lowest BCUT2D eigenvalue weighted by Gasteiger charge is -2.37. The minimum atomic E-state index is -0.925. The summed E-state index contributed by atoms with van der Waals surface area (Å²) in [7, 11) is 0. The Hall–Kier alpha value is -3.26. The number of rotatable bonds is 10. The molecule has 2 aromatic rings. The molecule has 0 spiro atoms. The number of amides is 3. The molecule has 1 aliphatic heterocycles. The van der Waals surface area contributed by atoms with Crippen LogP contribution in [-0.2, 0) is 20.8 Å². The summed E-state index contributed by atoms with van der Waals surface area (Å²) in [6.45, 7) is 0.424. The van der Waals surface area contributed by atoms with Crippen molar-refractivity contribution in [2.75, 3.05) is 11.9 Å². The number of aromatic nitrogens is 1. The predicted octanol–water partition coefficient (Wildman–Crippen LogP) is 4.11. The Morgan fingerprint density at radius 3 is 2.50 bits per heavy atom. The molecular weight excluding hydrogens is 456 g/mol. The summed E-state index contributed by atoms with van der Waals surface area (Å²) in [4.78, 5) is 45.6. The molecular formula is C28H36N4O4. The van der Waals surface area contributed by atoms with E-state index in [1.54, 1.807) is 34.9 Å². The fourth-order valence-corrected chi connectivity index (χ4v) is 5.93. The molecule has 1 aromatic carbocycles. The molecule has 4 rings (SSSR count). The van der Waals surface area contributed by atoms with Crippen molar-refractivity contribution < 1.29 is 19.6 Å². The van der Waals surface area contributed by atoms with Crippen molar-refractivity contribution in [3.63, 3.8) is 0 Å². The topological polar surface area (TPSA) is 112 Å². The van der Waals surface area contributed by atoms with Crippen LogP contribution in [0, 0.1) is 11.3 Å². The third-order valence-corrected chi connectivity index (χ3v) is 7.78. The maximum absolute atomic E-state index is 14.0. The zero-order valence-corrected chi connectivity index (χ0v) is 20.7. The minimum absolute atomic E-state index is 0.0799. The third kappa shape index (κ3) is 6.10. The number of pyridine rings is 1. The normalized spacial score (nSPS) is 21.2. The lowest BCUT2D eigenvalue weighted by Crippen LogP contribution is -2.52. The molecule has 8 nitrogen and oxygen atoms in total. The van der Waals surface area contributed by atoms with Gasteiger partial charge in [0.1, 0.15) is 6.04 Å². The number of hydrogen-bond acceptors (Lipinski definition) is 5. The maximum Gasteiger partial charge on any atom is 0.247 e. The van der Waals surface area contributed by atoms with Crippen LogP contribution in [0.4, 0.5) is 5.69 Å². The van der Waals surface area contributed by atoms with Crippen molar-refractivity contribution in [1.29, 1.82) is 0 Å². The molecule has 1 aromatic heterocycles.